The molecule has 0 fully saturated rings. The molecule has 1 N–H and O–H groups in total. The number of aromatic nitrogens is 1. The first-order valence-electron chi connectivity index (χ1n) is 3.77. The number of rotatable bonds is 3. The standard InChI is InChI=1S/C8H10F2N2O/c1-12-4-2-3-6(12)5-11-8(13)7(9)10/h2-4,7H,5H2,1H3,(H,11,13). The topological polar surface area (TPSA) is 34.0 Å². The van der Waals surface area contributed by atoms with Gasteiger partial charge in [-0.25, -0.2) is 0 Å². The zero-order chi connectivity index (χ0) is 9.84. The van der Waals surface area contributed by atoms with Gasteiger partial charge in [-0.3, -0.25) is 4.79 Å². The summed E-state index contributed by atoms with van der Waals surface area (Å²) in [6.07, 6.45) is -1.16. The Labute approximate surface area is 74.4 Å². The minimum absolute atomic E-state index is 0.132. The average molecular weight is 188 g/mol. The van der Waals surface area contributed by atoms with Crippen LogP contribution in [0, 0.1) is 0 Å². The van der Waals surface area contributed by atoms with Crippen LogP contribution in [0.5, 0.6) is 0 Å². The highest BCUT2D eigenvalue weighted by atomic mass is 19.3. The molecule has 1 aromatic heterocycles. The van der Waals surface area contributed by atoms with Gasteiger partial charge in [0, 0.05) is 18.9 Å². The van der Waals surface area contributed by atoms with Gasteiger partial charge in [-0.2, -0.15) is 8.78 Å². The van der Waals surface area contributed by atoms with E-state index in [1.54, 1.807) is 29.9 Å². The Morgan fingerprint density at radius 3 is 2.85 bits per heavy atom. The quantitative estimate of drug-likeness (QED) is 0.751. The maximum Gasteiger partial charge on any atom is 0.315 e. The summed E-state index contributed by atoms with van der Waals surface area (Å²) in [5, 5.41) is 2.12. The second-order valence-electron chi connectivity index (χ2n) is 2.63. The van der Waals surface area contributed by atoms with Crippen molar-refractivity contribution in [1.29, 1.82) is 0 Å². The fourth-order valence-electron chi connectivity index (χ4n) is 0.935. The molecule has 1 amide bonds. The van der Waals surface area contributed by atoms with Gasteiger partial charge in [0.15, 0.2) is 0 Å². The minimum Gasteiger partial charge on any atom is -0.353 e. The van der Waals surface area contributed by atoms with Crippen molar-refractivity contribution >= 4 is 5.91 Å². The van der Waals surface area contributed by atoms with Crippen molar-refractivity contribution < 1.29 is 13.6 Å². The maximum atomic E-state index is 11.7. The number of nitrogens with zero attached hydrogens (tertiary/aromatic N) is 1. The number of amides is 1. The Kier molecular flexibility index (Phi) is 3.00. The van der Waals surface area contributed by atoms with Gasteiger partial charge >= 0.3 is 6.43 Å². The lowest BCUT2D eigenvalue weighted by Crippen LogP contribution is -2.29. The second-order valence-corrected chi connectivity index (χ2v) is 2.63. The van der Waals surface area contributed by atoms with Gasteiger partial charge in [0.05, 0.1) is 6.54 Å². The predicted molar refractivity (Wildman–Crippen MR) is 43.3 cm³/mol. The zero-order valence-electron chi connectivity index (χ0n) is 7.13. The zero-order valence-corrected chi connectivity index (χ0v) is 7.13. The van der Waals surface area contributed by atoms with Crippen LogP contribution in [0.4, 0.5) is 8.78 Å². The van der Waals surface area contributed by atoms with E-state index >= 15 is 0 Å². The maximum absolute atomic E-state index is 11.7. The Morgan fingerprint density at radius 1 is 1.69 bits per heavy atom. The first kappa shape index (κ1) is 9.70. The van der Waals surface area contributed by atoms with Crippen molar-refractivity contribution in [3.63, 3.8) is 0 Å². The SMILES string of the molecule is Cn1cccc1CNC(=O)C(F)F. The predicted octanol–water partition coefficient (Wildman–Crippen LogP) is 0.906. The van der Waals surface area contributed by atoms with E-state index in [1.165, 1.54) is 0 Å². The largest absolute Gasteiger partial charge is 0.353 e. The molecule has 72 valence electrons. The third-order valence-electron chi connectivity index (χ3n) is 1.69. The van der Waals surface area contributed by atoms with Gasteiger partial charge in [-0.05, 0) is 12.1 Å². The van der Waals surface area contributed by atoms with Crippen LogP contribution in [-0.2, 0) is 18.4 Å². The molecule has 1 rings (SSSR count). The van der Waals surface area contributed by atoms with Gasteiger partial charge in [-0.1, -0.05) is 0 Å². The van der Waals surface area contributed by atoms with Crippen LogP contribution in [0.25, 0.3) is 0 Å². The lowest BCUT2D eigenvalue weighted by atomic mass is 10.4. The van der Waals surface area contributed by atoms with E-state index in [9.17, 15) is 13.6 Å². The molecule has 0 aliphatic carbocycles. The number of carbonyl (C=O) groups is 1. The Bertz CT molecular complexity index is 296. The molecule has 1 heterocycles. The number of alkyl halides is 2. The molecule has 0 saturated heterocycles. The monoisotopic (exact) mass is 188 g/mol. The highest BCUT2D eigenvalue weighted by Crippen LogP contribution is 1.99. The average Bonchev–Trinajstić information content (AvgIpc) is 2.47. The summed E-state index contributed by atoms with van der Waals surface area (Å²) in [4.78, 5) is 10.5. The summed E-state index contributed by atoms with van der Waals surface area (Å²) < 4.78 is 25.2. The highest BCUT2D eigenvalue weighted by molar-refractivity contribution is 5.78. The highest BCUT2D eigenvalue weighted by Gasteiger charge is 2.14. The lowest BCUT2D eigenvalue weighted by Gasteiger charge is -2.04. The molecule has 0 spiro atoms. The van der Waals surface area contributed by atoms with Gasteiger partial charge < -0.3 is 9.88 Å². The third kappa shape index (κ3) is 2.54. The van der Waals surface area contributed by atoms with Crippen LogP contribution >= 0.6 is 0 Å². The number of aryl methyl sites for hydroxylation is 1. The summed E-state index contributed by atoms with van der Waals surface area (Å²) in [5.74, 6) is -1.23. The normalized spacial score (nSPS) is 10.5. The molecule has 0 aromatic carbocycles. The Hall–Kier alpha value is -1.39. The van der Waals surface area contributed by atoms with Crippen molar-refractivity contribution in [2.24, 2.45) is 7.05 Å². The minimum atomic E-state index is -2.94. The fraction of sp³-hybridized carbons (Fsp3) is 0.375. The second kappa shape index (κ2) is 4.02. The third-order valence-corrected chi connectivity index (χ3v) is 1.69. The van der Waals surface area contributed by atoms with Gasteiger partial charge in [0.25, 0.3) is 5.91 Å². The van der Waals surface area contributed by atoms with Gasteiger partial charge in [0.2, 0.25) is 0 Å². The van der Waals surface area contributed by atoms with Crippen molar-refractivity contribution in [3.05, 3.63) is 24.0 Å². The van der Waals surface area contributed by atoms with E-state index in [0.29, 0.717) is 0 Å². The summed E-state index contributed by atoms with van der Waals surface area (Å²) in [7, 11) is 1.78. The number of hydrogen-bond acceptors (Lipinski definition) is 1. The van der Waals surface area contributed by atoms with Crippen LogP contribution < -0.4 is 5.32 Å². The molecule has 0 aliphatic heterocycles. The number of halogens is 2. The molecular formula is C8H10F2N2O. The van der Waals surface area contributed by atoms with Crippen molar-refractivity contribution in [1.82, 2.24) is 9.88 Å². The fourth-order valence-corrected chi connectivity index (χ4v) is 0.935. The molecule has 0 aliphatic rings. The Balaban J connectivity index is 2.44. The van der Waals surface area contributed by atoms with E-state index in [1.807, 2.05) is 0 Å². The van der Waals surface area contributed by atoms with Gasteiger partial charge in [-0.15, -0.1) is 0 Å². The number of carbonyl (C=O) groups excluding carboxylic acids is 1. The van der Waals surface area contributed by atoms with Gasteiger partial charge in [0.1, 0.15) is 0 Å². The van der Waals surface area contributed by atoms with Crippen LogP contribution in [0.1, 0.15) is 5.69 Å². The molecule has 0 radical (unpaired) electrons. The van der Waals surface area contributed by atoms with E-state index in [2.05, 4.69) is 5.32 Å². The lowest BCUT2D eigenvalue weighted by molar-refractivity contribution is -0.131. The van der Waals surface area contributed by atoms with E-state index in [4.69, 9.17) is 0 Å². The Morgan fingerprint density at radius 2 is 2.38 bits per heavy atom. The smallest absolute Gasteiger partial charge is 0.315 e. The first-order chi connectivity index (χ1) is 6.11. The molecule has 0 unspecified atom stereocenters. The molecule has 13 heavy (non-hydrogen) atoms. The van der Waals surface area contributed by atoms with Crippen LogP contribution in [-0.4, -0.2) is 16.9 Å². The molecular weight excluding hydrogens is 178 g/mol. The summed E-state index contributed by atoms with van der Waals surface area (Å²) in [6.45, 7) is 0.132. The molecule has 0 atom stereocenters. The molecule has 0 bridgehead atoms. The summed E-state index contributed by atoms with van der Waals surface area (Å²) in [6, 6.07) is 3.54. The van der Waals surface area contributed by atoms with Crippen molar-refractivity contribution in [2.45, 2.75) is 13.0 Å². The summed E-state index contributed by atoms with van der Waals surface area (Å²) in [5.41, 5.74) is 0.786. The number of hydrogen-bond donors (Lipinski definition) is 1. The molecule has 3 nitrogen and oxygen atoms in total. The summed E-state index contributed by atoms with van der Waals surface area (Å²) >= 11 is 0. The number of nitrogens with one attached hydrogen (secondary N) is 1. The molecule has 5 heteroatoms. The van der Waals surface area contributed by atoms with E-state index in [-0.39, 0.29) is 6.54 Å². The van der Waals surface area contributed by atoms with Crippen LogP contribution in [0.15, 0.2) is 18.3 Å². The van der Waals surface area contributed by atoms with E-state index in [0.717, 1.165) is 5.69 Å². The van der Waals surface area contributed by atoms with E-state index < -0.39 is 12.3 Å². The van der Waals surface area contributed by atoms with Crippen molar-refractivity contribution in [3.8, 4) is 0 Å². The van der Waals surface area contributed by atoms with Crippen LogP contribution in [0.3, 0.4) is 0 Å². The first-order valence-corrected chi connectivity index (χ1v) is 3.77. The van der Waals surface area contributed by atoms with Crippen LogP contribution in [0.2, 0.25) is 0 Å². The van der Waals surface area contributed by atoms with Crippen molar-refractivity contribution in [2.75, 3.05) is 0 Å². The molecule has 1 aromatic rings. The molecule has 0 saturated carbocycles.